The Morgan fingerprint density at radius 3 is 1.71 bits per heavy atom. The maximum absolute atomic E-state index is 11.9. The largest absolute Gasteiger partial charge is 0.508 e. The molecule has 4 nitrogen and oxygen atoms in total. The molecule has 0 fully saturated rings. The molecule has 1 amide bonds. The Labute approximate surface area is 171 Å². The highest BCUT2D eigenvalue weighted by Crippen LogP contribution is 2.27. The molecular formula is C24H41NO3. The van der Waals surface area contributed by atoms with E-state index in [1.54, 1.807) is 0 Å². The number of benzene rings is 1. The zero-order valence-electron chi connectivity index (χ0n) is 17.8. The highest BCUT2D eigenvalue weighted by molar-refractivity contribution is 5.92. The van der Waals surface area contributed by atoms with Crippen LogP contribution in [-0.2, 0) is 4.79 Å². The van der Waals surface area contributed by atoms with Crippen molar-refractivity contribution in [1.29, 1.82) is 0 Å². The van der Waals surface area contributed by atoms with E-state index in [9.17, 15) is 15.0 Å². The van der Waals surface area contributed by atoms with Crippen LogP contribution in [0.25, 0.3) is 0 Å². The van der Waals surface area contributed by atoms with Gasteiger partial charge in [0.05, 0.1) is 5.69 Å². The van der Waals surface area contributed by atoms with Crippen molar-refractivity contribution < 1.29 is 15.0 Å². The van der Waals surface area contributed by atoms with Crippen LogP contribution in [0.3, 0.4) is 0 Å². The molecular weight excluding hydrogens is 350 g/mol. The number of anilines is 1. The second-order valence-corrected chi connectivity index (χ2v) is 7.95. The van der Waals surface area contributed by atoms with E-state index in [2.05, 4.69) is 12.2 Å². The van der Waals surface area contributed by atoms with Crippen LogP contribution in [0.1, 0.15) is 110 Å². The van der Waals surface area contributed by atoms with Crippen LogP contribution in [-0.4, -0.2) is 16.1 Å². The van der Waals surface area contributed by atoms with Gasteiger partial charge in [0, 0.05) is 12.5 Å². The number of phenols is 2. The third-order valence-corrected chi connectivity index (χ3v) is 5.26. The Balaban J connectivity index is 1.87. The zero-order chi connectivity index (χ0) is 20.5. The summed E-state index contributed by atoms with van der Waals surface area (Å²) in [7, 11) is 0. The van der Waals surface area contributed by atoms with Gasteiger partial charge in [-0.15, -0.1) is 0 Å². The Kier molecular flexibility index (Phi) is 14.1. The fourth-order valence-electron chi connectivity index (χ4n) is 3.49. The lowest BCUT2D eigenvalue weighted by Crippen LogP contribution is -2.11. The Morgan fingerprint density at radius 2 is 1.21 bits per heavy atom. The van der Waals surface area contributed by atoms with Gasteiger partial charge in [0.15, 0.2) is 0 Å². The molecule has 160 valence electrons. The van der Waals surface area contributed by atoms with Crippen molar-refractivity contribution in [2.24, 2.45) is 0 Å². The molecule has 0 aliphatic rings. The van der Waals surface area contributed by atoms with Crippen LogP contribution in [0.5, 0.6) is 11.5 Å². The minimum Gasteiger partial charge on any atom is -0.508 e. The smallest absolute Gasteiger partial charge is 0.224 e. The first-order valence-corrected chi connectivity index (χ1v) is 11.5. The number of phenolic OH excluding ortho intramolecular Hbond substituents is 2. The van der Waals surface area contributed by atoms with E-state index in [1.807, 2.05) is 0 Å². The molecule has 0 bridgehead atoms. The third kappa shape index (κ3) is 12.6. The van der Waals surface area contributed by atoms with Crippen LogP contribution in [0.4, 0.5) is 5.69 Å². The lowest BCUT2D eigenvalue weighted by atomic mass is 10.0. The lowest BCUT2D eigenvalue weighted by molar-refractivity contribution is -0.116. The van der Waals surface area contributed by atoms with Crippen molar-refractivity contribution in [2.45, 2.75) is 110 Å². The number of carbonyl (C=O) groups excluding carboxylic acids is 1. The molecule has 0 unspecified atom stereocenters. The summed E-state index contributed by atoms with van der Waals surface area (Å²) in [6.07, 6.45) is 20.0. The molecule has 1 aromatic rings. The first kappa shape index (κ1) is 24.3. The van der Waals surface area contributed by atoms with Crippen molar-refractivity contribution in [2.75, 3.05) is 5.32 Å². The van der Waals surface area contributed by atoms with Gasteiger partial charge >= 0.3 is 0 Å². The molecule has 0 aliphatic heterocycles. The summed E-state index contributed by atoms with van der Waals surface area (Å²) in [5.74, 6) is -0.113. The molecule has 1 aromatic carbocycles. The van der Waals surface area contributed by atoms with Crippen LogP contribution < -0.4 is 5.32 Å². The second-order valence-electron chi connectivity index (χ2n) is 7.95. The van der Waals surface area contributed by atoms with Gasteiger partial charge in [0.2, 0.25) is 5.91 Å². The number of aromatic hydroxyl groups is 2. The van der Waals surface area contributed by atoms with E-state index in [4.69, 9.17) is 0 Å². The number of unbranched alkanes of at least 4 members (excludes halogenated alkanes) is 14. The molecule has 4 heteroatoms. The molecule has 28 heavy (non-hydrogen) atoms. The Bertz CT molecular complexity index is 531. The Hall–Kier alpha value is -1.71. The minimum atomic E-state index is -0.115. The first-order chi connectivity index (χ1) is 13.6. The van der Waals surface area contributed by atoms with Crippen molar-refractivity contribution in [3.05, 3.63) is 18.2 Å². The SMILES string of the molecule is CCCCCCCCCCCCCCCCCC(=O)Nc1cc(O)ccc1O. The summed E-state index contributed by atoms with van der Waals surface area (Å²) in [6, 6.07) is 4.12. The van der Waals surface area contributed by atoms with Gasteiger partial charge < -0.3 is 15.5 Å². The van der Waals surface area contributed by atoms with Gasteiger partial charge in [-0.2, -0.15) is 0 Å². The molecule has 0 spiro atoms. The van der Waals surface area contributed by atoms with Crippen molar-refractivity contribution in [3.63, 3.8) is 0 Å². The molecule has 0 aromatic heterocycles. The van der Waals surface area contributed by atoms with Crippen molar-refractivity contribution >= 4 is 11.6 Å². The maximum atomic E-state index is 11.9. The van der Waals surface area contributed by atoms with Crippen LogP contribution in [0.15, 0.2) is 18.2 Å². The predicted molar refractivity (Wildman–Crippen MR) is 118 cm³/mol. The van der Waals surface area contributed by atoms with E-state index >= 15 is 0 Å². The fourth-order valence-corrected chi connectivity index (χ4v) is 3.49. The summed E-state index contributed by atoms with van der Waals surface area (Å²) in [5, 5.41) is 21.7. The molecule has 0 atom stereocenters. The predicted octanol–water partition coefficient (Wildman–Crippen LogP) is 7.30. The topological polar surface area (TPSA) is 69.6 Å². The maximum Gasteiger partial charge on any atom is 0.224 e. The zero-order valence-corrected chi connectivity index (χ0v) is 17.8. The first-order valence-electron chi connectivity index (χ1n) is 11.5. The van der Waals surface area contributed by atoms with Gasteiger partial charge in [-0.1, -0.05) is 96.8 Å². The van der Waals surface area contributed by atoms with E-state index < -0.39 is 0 Å². The average Bonchev–Trinajstić information content (AvgIpc) is 2.67. The summed E-state index contributed by atoms with van der Waals surface area (Å²) in [5.41, 5.74) is 0.269. The van der Waals surface area contributed by atoms with E-state index in [0.717, 1.165) is 12.8 Å². The Morgan fingerprint density at radius 1 is 0.750 bits per heavy atom. The van der Waals surface area contributed by atoms with Gasteiger partial charge in [-0.05, 0) is 18.6 Å². The molecule has 1 rings (SSSR count). The summed E-state index contributed by atoms with van der Waals surface area (Å²) >= 11 is 0. The quantitative estimate of drug-likeness (QED) is 0.148. The average molecular weight is 392 g/mol. The standard InChI is InChI=1S/C24H41NO3/c1-2-3-4-5-6-7-8-9-10-11-12-13-14-15-16-17-24(28)25-22-20-21(26)18-19-23(22)27/h18-20,26-27H,2-17H2,1H3,(H,25,28). The summed E-state index contributed by atoms with van der Waals surface area (Å²) in [6.45, 7) is 2.27. The molecule has 0 saturated carbocycles. The molecule has 0 saturated heterocycles. The molecule has 0 radical (unpaired) electrons. The van der Waals surface area contributed by atoms with Crippen molar-refractivity contribution in [1.82, 2.24) is 0 Å². The van der Waals surface area contributed by atoms with Gasteiger partial charge in [-0.3, -0.25) is 4.79 Å². The number of hydrogen-bond donors (Lipinski definition) is 3. The monoisotopic (exact) mass is 391 g/mol. The second kappa shape index (κ2) is 16.3. The fraction of sp³-hybridized carbons (Fsp3) is 0.708. The van der Waals surface area contributed by atoms with Gasteiger partial charge in [0.25, 0.3) is 0 Å². The number of nitrogens with one attached hydrogen (secondary N) is 1. The summed E-state index contributed by atoms with van der Waals surface area (Å²) < 4.78 is 0. The van der Waals surface area contributed by atoms with E-state index in [-0.39, 0.29) is 23.1 Å². The number of rotatable bonds is 17. The van der Waals surface area contributed by atoms with E-state index in [0.29, 0.717) is 6.42 Å². The van der Waals surface area contributed by atoms with Crippen LogP contribution in [0, 0.1) is 0 Å². The van der Waals surface area contributed by atoms with E-state index in [1.165, 1.54) is 102 Å². The van der Waals surface area contributed by atoms with Gasteiger partial charge in [-0.25, -0.2) is 0 Å². The highest BCUT2D eigenvalue weighted by atomic mass is 16.3. The molecule has 3 N–H and O–H groups in total. The molecule has 0 heterocycles. The minimum absolute atomic E-state index is 0.0253. The molecule has 0 aliphatic carbocycles. The number of hydrogen-bond acceptors (Lipinski definition) is 3. The lowest BCUT2D eigenvalue weighted by Gasteiger charge is -2.07. The highest BCUT2D eigenvalue weighted by Gasteiger charge is 2.07. The van der Waals surface area contributed by atoms with Crippen LogP contribution >= 0.6 is 0 Å². The third-order valence-electron chi connectivity index (χ3n) is 5.26. The normalized spacial score (nSPS) is 10.9. The number of carbonyl (C=O) groups is 1. The van der Waals surface area contributed by atoms with Crippen LogP contribution in [0.2, 0.25) is 0 Å². The van der Waals surface area contributed by atoms with Gasteiger partial charge in [0.1, 0.15) is 11.5 Å². The van der Waals surface area contributed by atoms with Crippen molar-refractivity contribution in [3.8, 4) is 11.5 Å². The number of amides is 1. The summed E-state index contributed by atoms with van der Waals surface area (Å²) in [4.78, 5) is 11.9.